The highest BCUT2D eigenvalue weighted by Gasteiger charge is 2.18. The Labute approximate surface area is 198 Å². The Morgan fingerprint density at radius 2 is 1.91 bits per heavy atom. The Balaban J connectivity index is 1.47. The van der Waals surface area contributed by atoms with E-state index in [9.17, 15) is 9.59 Å². The van der Waals surface area contributed by atoms with Crippen molar-refractivity contribution in [3.05, 3.63) is 94.5 Å². The summed E-state index contributed by atoms with van der Waals surface area (Å²) >= 11 is 1.47. The Hall–Kier alpha value is -4.11. The number of rotatable bonds is 7. The van der Waals surface area contributed by atoms with Crippen LogP contribution in [0.1, 0.15) is 18.1 Å². The molecule has 5 aromatic rings. The molecule has 0 unspecified atom stereocenters. The first-order valence-electron chi connectivity index (χ1n) is 10.5. The molecule has 3 heterocycles. The van der Waals surface area contributed by atoms with Gasteiger partial charge in [0.25, 0.3) is 0 Å². The van der Waals surface area contributed by atoms with Gasteiger partial charge in [-0.1, -0.05) is 42.1 Å². The molecule has 8 nitrogen and oxygen atoms in total. The van der Waals surface area contributed by atoms with Gasteiger partial charge >= 0.3 is 5.63 Å². The van der Waals surface area contributed by atoms with Crippen molar-refractivity contribution in [1.29, 1.82) is 0 Å². The van der Waals surface area contributed by atoms with Crippen LogP contribution in [0.25, 0.3) is 22.6 Å². The predicted octanol–water partition coefficient (Wildman–Crippen LogP) is 4.94. The van der Waals surface area contributed by atoms with Gasteiger partial charge in [-0.15, -0.1) is 10.2 Å². The number of thioether (sulfide) groups is 1. The first kappa shape index (κ1) is 21.7. The van der Waals surface area contributed by atoms with E-state index in [0.717, 1.165) is 16.5 Å². The molecule has 0 saturated carbocycles. The van der Waals surface area contributed by atoms with Crippen molar-refractivity contribution in [2.24, 2.45) is 0 Å². The summed E-state index contributed by atoms with van der Waals surface area (Å²) in [5, 5.41) is 13.0. The Morgan fingerprint density at radius 3 is 2.68 bits per heavy atom. The van der Waals surface area contributed by atoms with Crippen molar-refractivity contribution in [2.45, 2.75) is 24.4 Å². The average molecular weight is 473 g/mol. The second-order valence-electron chi connectivity index (χ2n) is 7.63. The van der Waals surface area contributed by atoms with E-state index >= 15 is 0 Å². The third kappa shape index (κ3) is 4.65. The summed E-state index contributed by atoms with van der Waals surface area (Å²) in [6.45, 7) is 2.00. The molecule has 0 aliphatic rings. The number of furan rings is 1. The monoisotopic (exact) mass is 472 g/mol. The quantitative estimate of drug-likeness (QED) is 0.264. The molecule has 0 atom stereocenters. The van der Waals surface area contributed by atoms with E-state index in [1.165, 1.54) is 24.8 Å². The number of nitrogens with zero attached hydrogens (tertiary/aromatic N) is 3. The highest BCUT2D eigenvalue weighted by Crippen LogP contribution is 2.30. The molecule has 0 spiro atoms. The van der Waals surface area contributed by atoms with Crippen LogP contribution in [0.4, 0.5) is 5.69 Å². The van der Waals surface area contributed by atoms with Crippen LogP contribution in [0.5, 0.6) is 0 Å². The van der Waals surface area contributed by atoms with Crippen LogP contribution in [-0.4, -0.2) is 20.7 Å². The molecule has 3 aromatic heterocycles. The fourth-order valence-corrected chi connectivity index (χ4v) is 4.59. The molecule has 2 aromatic carbocycles. The number of benzene rings is 2. The molecule has 9 heteroatoms. The summed E-state index contributed by atoms with van der Waals surface area (Å²) in [6.07, 6.45) is 1.61. The van der Waals surface area contributed by atoms with Crippen LogP contribution in [0.3, 0.4) is 0 Å². The van der Waals surface area contributed by atoms with Crippen molar-refractivity contribution in [2.75, 3.05) is 5.32 Å². The third-order valence-corrected chi connectivity index (χ3v) is 6.16. The summed E-state index contributed by atoms with van der Waals surface area (Å²) in [4.78, 5) is 23.6. The molecule has 34 heavy (non-hydrogen) atoms. The average Bonchev–Trinajstić information content (AvgIpc) is 3.47. The first-order chi connectivity index (χ1) is 16.6. The summed E-state index contributed by atoms with van der Waals surface area (Å²) in [7, 11) is 0. The number of carbonyl (C=O) groups is 1. The summed E-state index contributed by atoms with van der Waals surface area (Å²) in [5.41, 5.74) is 2.44. The molecule has 1 amide bonds. The molecule has 0 aliphatic heterocycles. The van der Waals surface area contributed by atoms with Gasteiger partial charge in [-0.2, -0.15) is 0 Å². The van der Waals surface area contributed by atoms with Crippen LogP contribution >= 0.6 is 11.8 Å². The molecule has 0 radical (unpaired) electrons. The van der Waals surface area contributed by atoms with Crippen LogP contribution in [-0.2, 0) is 17.1 Å². The highest BCUT2D eigenvalue weighted by atomic mass is 32.2. The van der Waals surface area contributed by atoms with Crippen molar-refractivity contribution in [3.8, 4) is 11.6 Å². The lowest BCUT2D eigenvalue weighted by Gasteiger charge is -2.10. The van der Waals surface area contributed by atoms with Crippen LogP contribution in [0.15, 0.2) is 91.8 Å². The van der Waals surface area contributed by atoms with Crippen LogP contribution in [0, 0.1) is 0 Å². The van der Waals surface area contributed by atoms with Crippen LogP contribution < -0.4 is 10.9 Å². The molecule has 170 valence electrons. The van der Waals surface area contributed by atoms with E-state index in [2.05, 4.69) is 15.5 Å². The van der Waals surface area contributed by atoms with E-state index in [1.807, 2.05) is 53.1 Å². The number of amides is 1. The minimum absolute atomic E-state index is 0.196. The lowest BCUT2D eigenvalue weighted by atomic mass is 10.1. The number of hydrogen-bond donors (Lipinski definition) is 1. The van der Waals surface area contributed by atoms with Crippen molar-refractivity contribution in [3.63, 3.8) is 0 Å². The first-order valence-corrected chi connectivity index (χ1v) is 11.5. The molecular formula is C25H20N4O4S. The number of hydrogen-bond acceptors (Lipinski definition) is 7. The van der Waals surface area contributed by atoms with Crippen molar-refractivity contribution in [1.82, 2.24) is 14.8 Å². The maximum atomic E-state index is 12.2. The van der Waals surface area contributed by atoms with Gasteiger partial charge in [-0.3, -0.25) is 9.36 Å². The Morgan fingerprint density at radius 1 is 1.06 bits per heavy atom. The van der Waals surface area contributed by atoms with Gasteiger partial charge in [0.05, 0.1) is 12.8 Å². The number of nitrogens with one attached hydrogen (secondary N) is 1. The smallest absolute Gasteiger partial charge is 0.336 e. The summed E-state index contributed by atoms with van der Waals surface area (Å²) in [6, 6.07) is 20.5. The molecule has 0 saturated heterocycles. The van der Waals surface area contributed by atoms with E-state index in [1.54, 1.807) is 18.4 Å². The van der Waals surface area contributed by atoms with Crippen molar-refractivity contribution >= 4 is 34.3 Å². The fraction of sp³-hybridized carbons (Fsp3) is 0.120. The standard InChI is InChI=1S/C25H20N4O4S/c1-16(30)26-19-9-10-20-18(12-23(31)33-22(20)13-19)15-34-25-28-27-24(21-8-5-11-32-21)29(25)14-17-6-3-2-4-7-17/h2-13H,14-15H2,1H3,(H,26,30). The van der Waals surface area contributed by atoms with Gasteiger partial charge in [0, 0.05) is 35.9 Å². The number of carbonyl (C=O) groups excluding carboxylic acids is 1. The topological polar surface area (TPSA) is 103 Å². The Bertz CT molecular complexity index is 1510. The number of anilines is 1. The zero-order valence-corrected chi connectivity index (χ0v) is 19.0. The SMILES string of the molecule is CC(=O)Nc1ccc2c(CSc3nnc(-c4ccco4)n3Cc3ccccc3)cc(=O)oc2c1. The van der Waals surface area contributed by atoms with Gasteiger partial charge in [0.1, 0.15) is 5.58 Å². The van der Waals surface area contributed by atoms with Crippen LogP contribution in [0.2, 0.25) is 0 Å². The lowest BCUT2D eigenvalue weighted by molar-refractivity contribution is -0.114. The summed E-state index contributed by atoms with van der Waals surface area (Å²) < 4.78 is 12.9. The highest BCUT2D eigenvalue weighted by molar-refractivity contribution is 7.98. The van der Waals surface area contributed by atoms with Gasteiger partial charge in [0.2, 0.25) is 11.7 Å². The lowest BCUT2D eigenvalue weighted by Crippen LogP contribution is -2.06. The van der Waals surface area contributed by atoms with E-state index in [0.29, 0.717) is 40.3 Å². The van der Waals surface area contributed by atoms with Gasteiger partial charge in [0.15, 0.2) is 10.9 Å². The third-order valence-electron chi connectivity index (χ3n) is 5.15. The number of fused-ring (bicyclic) bond motifs is 1. The number of aromatic nitrogens is 3. The second-order valence-corrected chi connectivity index (χ2v) is 8.57. The Kier molecular flexibility index (Phi) is 6.01. The predicted molar refractivity (Wildman–Crippen MR) is 130 cm³/mol. The minimum Gasteiger partial charge on any atom is -0.461 e. The molecule has 1 N–H and O–H groups in total. The minimum atomic E-state index is -0.454. The molecule has 0 fully saturated rings. The molecular weight excluding hydrogens is 452 g/mol. The normalized spacial score (nSPS) is 11.1. The maximum Gasteiger partial charge on any atom is 0.336 e. The second kappa shape index (κ2) is 9.40. The van der Waals surface area contributed by atoms with Gasteiger partial charge in [-0.25, -0.2) is 4.79 Å². The van der Waals surface area contributed by atoms with E-state index < -0.39 is 5.63 Å². The fourth-order valence-electron chi connectivity index (χ4n) is 3.66. The van der Waals surface area contributed by atoms with Crippen molar-refractivity contribution < 1.29 is 13.6 Å². The zero-order chi connectivity index (χ0) is 23.5. The van der Waals surface area contributed by atoms with E-state index in [-0.39, 0.29) is 5.91 Å². The maximum absolute atomic E-state index is 12.2. The molecule has 5 rings (SSSR count). The van der Waals surface area contributed by atoms with Gasteiger partial charge < -0.3 is 14.2 Å². The molecule has 0 aliphatic carbocycles. The zero-order valence-electron chi connectivity index (χ0n) is 18.2. The summed E-state index contributed by atoms with van der Waals surface area (Å²) in [5.74, 6) is 1.55. The van der Waals surface area contributed by atoms with Gasteiger partial charge in [-0.05, 0) is 35.4 Å². The van der Waals surface area contributed by atoms with E-state index in [4.69, 9.17) is 8.83 Å². The largest absolute Gasteiger partial charge is 0.461 e. The molecule has 0 bridgehead atoms.